The van der Waals surface area contributed by atoms with E-state index in [-0.39, 0.29) is 0 Å². The first kappa shape index (κ1) is 19.5. The van der Waals surface area contributed by atoms with Crippen LogP contribution in [-0.4, -0.2) is 25.0 Å². The van der Waals surface area contributed by atoms with Crippen LogP contribution in [0.5, 0.6) is 0 Å². The summed E-state index contributed by atoms with van der Waals surface area (Å²) in [5.74, 6) is 1.63. The SMILES string of the molecule is ClCCCCCCCCOCCCCCCCCCl. The molecule has 0 atom stereocenters. The Labute approximate surface area is 130 Å². The molecule has 0 unspecified atom stereocenters. The van der Waals surface area contributed by atoms with E-state index in [0.717, 1.165) is 25.0 Å². The molecule has 0 N–H and O–H groups in total. The van der Waals surface area contributed by atoms with Gasteiger partial charge >= 0.3 is 0 Å². The van der Waals surface area contributed by atoms with E-state index >= 15 is 0 Å². The maximum Gasteiger partial charge on any atom is 0.0466 e. The molecule has 0 aromatic heterocycles. The van der Waals surface area contributed by atoms with Gasteiger partial charge in [0.05, 0.1) is 0 Å². The lowest BCUT2D eigenvalue weighted by atomic mass is 10.1. The van der Waals surface area contributed by atoms with E-state index in [0.29, 0.717) is 0 Å². The van der Waals surface area contributed by atoms with E-state index in [2.05, 4.69) is 0 Å². The maximum absolute atomic E-state index is 5.65. The maximum atomic E-state index is 5.65. The second kappa shape index (κ2) is 18.5. The molecule has 0 heterocycles. The van der Waals surface area contributed by atoms with Gasteiger partial charge in [0.15, 0.2) is 0 Å². The minimum absolute atomic E-state index is 0.814. The van der Waals surface area contributed by atoms with Crippen molar-refractivity contribution in [3.05, 3.63) is 0 Å². The van der Waals surface area contributed by atoms with Crippen LogP contribution in [0.4, 0.5) is 0 Å². The Morgan fingerprint density at radius 1 is 0.421 bits per heavy atom. The monoisotopic (exact) mass is 310 g/mol. The topological polar surface area (TPSA) is 9.23 Å². The summed E-state index contributed by atoms with van der Waals surface area (Å²) < 4.78 is 5.65. The first-order valence-electron chi connectivity index (χ1n) is 8.11. The highest BCUT2D eigenvalue weighted by Gasteiger charge is 1.93. The predicted octanol–water partition coefficient (Wildman–Crippen LogP) is 6.16. The summed E-state index contributed by atoms with van der Waals surface area (Å²) in [6, 6.07) is 0. The highest BCUT2D eigenvalue weighted by atomic mass is 35.5. The smallest absolute Gasteiger partial charge is 0.0466 e. The van der Waals surface area contributed by atoms with E-state index in [1.54, 1.807) is 0 Å². The van der Waals surface area contributed by atoms with Gasteiger partial charge in [0.2, 0.25) is 0 Å². The van der Waals surface area contributed by atoms with Crippen LogP contribution in [0.2, 0.25) is 0 Å². The first-order valence-corrected chi connectivity index (χ1v) is 9.18. The summed E-state index contributed by atoms with van der Waals surface area (Å²) in [6.07, 6.45) is 15.3. The molecule has 0 radical (unpaired) electrons. The Kier molecular flexibility index (Phi) is 19.1. The average Bonchev–Trinajstić information content (AvgIpc) is 2.43. The van der Waals surface area contributed by atoms with Crippen molar-refractivity contribution in [1.82, 2.24) is 0 Å². The van der Waals surface area contributed by atoms with Crippen LogP contribution in [0.25, 0.3) is 0 Å². The molecule has 0 aromatic rings. The lowest BCUT2D eigenvalue weighted by Crippen LogP contribution is -1.97. The van der Waals surface area contributed by atoms with Gasteiger partial charge in [-0.1, -0.05) is 51.4 Å². The summed E-state index contributed by atoms with van der Waals surface area (Å²) in [4.78, 5) is 0. The Balaban J connectivity index is 2.88. The van der Waals surface area contributed by atoms with Crippen LogP contribution in [0.3, 0.4) is 0 Å². The molecule has 3 heteroatoms. The zero-order valence-corrected chi connectivity index (χ0v) is 14.0. The van der Waals surface area contributed by atoms with Crippen molar-refractivity contribution in [3.8, 4) is 0 Å². The van der Waals surface area contributed by atoms with E-state index in [1.165, 1.54) is 77.0 Å². The third-order valence-electron chi connectivity index (χ3n) is 3.34. The molecule has 0 amide bonds. The number of hydrogen-bond donors (Lipinski definition) is 0. The zero-order valence-electron chi connectivity index (χ0n) is 12.5. The van der Waals surface area contributed by atoms with E-state index in [4.69, 9.17) is 27.9 Å². The van der Waals surface area contributed by atoms with Gasteiger partial charge in [0, 0.05) is 25.0 Å². The number of halogens is 2. The molecular formula is C16H32Cl2O. The number of hydrogen-bond acceptors (Lipinski definition) is 1. The number of ether oxygens (including phenoxy) is 1. The fourth-order valence-electron chi connectivity index (χ4n) is 2.11. The molecule has 0 saturated carbocycles. The molecule has 0 fully saturated rings. The first-order chi connectivity index (χ1) is 9.41. The molecule has 0 bridgehead atoms. The molecule has 0 rings (SSSR count). The van der Waals surface area contributed by atoms with Gasteiger partial charge in [0.1, 0.15) is 0 Å². The van der Waals surface area contributed by atoms with Crippen molar-refractivity contribution in [2.24, 2.45) is 0 Å². The third kappa shape index (κ3) is 18.5. The molecule has 116 valence electrons. The Morgan fingerprint density at radius 2 is 0.737 bits per heavy atom. The highest BCUT2D eigenvalue weighted by Crippen LogP contribution is 2.08. The normalized spacial score (nSPS) is 11.1. The standard InChI is InChI=1S/C16H32Cl2O/c17-13-9-5-1-3-7-11-15-19-16-12-8-4-2-6-10-14-18/h1-16H2. The summed E-state index contributed by atoms with van der Waals surface area (Å²) in [5, 5.41) is 0. The molecule has 0 aromatic carbocycles. The third-order valence-corrected chi connectivity index (χ3v) is 3.88. The fraction of sp³-hybridized carbons (Fsp3) is 1.00. The molecule has 0 spiro atoms. The number of alkyl halides is 2. The second-order valence-electron chi connectivity index (χ2n) is 5.23. The lowest BCUT2D eigenvalue weighted by Gasteiger charge is -2.04. The van der Waals surface area contributed by atoms with Gasteiger partial charge in [0.25, 0.3) is 0 Å². The largest absolute Gasteiger partial charge is 0.381 e. The van der Waals surface area contributed by atoms with Crippen LogP contribution in [0.15, 0.2) is 0 Å². The highest BCUT2D eigenvalue weighted by molar-refractivity contribution is 6.18. The van der Waals surface area contributed by atoms with Crippen LogP contribution in [0.1, 0.15) is 77.0 Å². The van der Waals surface area contributed by atoms with Crippen molar-refractivity contribution >= 4 is 23.2 Å². The van der Waals surface area contributed by atoms with Crippen molar-refractivity contribution < 1.29 is 4.74 Å². The van der Waals surface area contributed by atoms with Crippen molar-refractivity contribution in [2.75, 3.05) is 25.0 Å². The van der Waals surface area contributed by atoms with E-state index in [1.807, 2.05) is 0 Å². The van der Waals surface area contributed by atoms with Gasteiger partial charge < -0.3 is 4.74 Å². The quantitative estimate of drug-likeness (QED) is 0.245. The number of unbranched alkanes of at least 4 members (excludes halogenated alkanes) is 10. The molecule has 0 aliphatic heterocycles. The average molecular weight is 311 g/mol. The van der Waals surface area contributed by atoms with Gasteiger partial charge in [-0.25, -0.2) is 0 Å². The van der Waals surface area contributed by atoms with Crippen LogP contribution >= 0.6 is 23.2 Å². The minimum Gasteiger partial charge on any atom is -0.381 e. The minimum atomic E-state index is 0.814. The summed E-state index contributed by atoms with van der Waals surface area (Å²) in [7, 11) is 0. The lowest BCUT2D eigenvalue weighted by molar-refractivity contribution is 0.125. The number of rotatable bonds is 16. The van der Waals surface area contributed by atoms with Gasteiger partial charge in [-0.3, -0.25) is 0 Å². The van der Waals surface area contributed by atoms with Crippen molar-refractivity contribution in [3.63, 3.8) is 0 Å². The summed E-state index contributed by atoms with van der Waals surface area (Å²) in [5.41, 5.74) is 0. The summed E-state index contributed by atoms with van der Waals surface area (Å²) in [6.45, 7) is 1.89. The van der Waals surface area contributed by atoms with Crippen LogP contribution in [0, 0.1) is 0 Å². The molecule has 19 heavy (non-hydrogen) atoms. The van der Waals surface area contributed by atoms with Crippen molar-refractivity contribution in [1.29, 1.82) is 0 Å². The zero-order chi connectivity index (χ0) is 14.0. The molecule has 0 aliphatic rings. The summed E-state index contributed by atoms with van der Waals surface area (Å²) >= 11 is 11.3. The predicted molar refractivity (Wildman–Crippen MR) is 87.7 cm³/mol. The Bertz CT molecular complexity index is 138. The van der Waals surface area contributed by atoms with Crippen molar-refractivity contribution in [2.45, 2.75) is 77.0 Å². The molecule has 0 saturated heterocycles. The molecule has 0 aliphatic carbocycles. The van der Waals surface area contributed by atoms with Crippen LogP contribution < -0.4 is 0 Å². The molecular weight excluding hydrogens is 279 g/mol. The van der Waals surface area contributed by atoms with E-state index < -0.39 is 0 Å². The van der Waals surface area contributed by atoms with E-state index in [9.17, 15) is 0 Å². The van der Waals surface area contributed by atoms with Gasteiger partial charge in [-0.15, -0.1) is 23.2 Å². The Hall–Kier alpha value is 0.540. The second-order valence-corrected chi connectivity index (χ2v) is 5.99. The van der Waals surface area contributed by atoms with Gasteiger partial charge in [-0.05, 0) is 25.7 Å². The fourth-order valence-corrected chi connectivity index (χ4v) is 2.49. The van der Waals surface area contributed by atoms with Crippen LogP contribution in [-0.2, 0) is 4.74 Å². The molecule has 1 nitrogen and oxygen atoms in total. The Morgan fingerprint density at radius 3 is 1.11 bits per heavy atom. The van der Waals surface area contributed by atoms with Gasteiger partial charge in [-0.2, -0.15) is 0 Å².